The summed E-state index contributed by atoms with van der Waals surface area (Å²) in [6.45, 7) is 4.35. The first-order valence-electron chi connectivity index (χ1n) is 9.45. The fraction of sp³-hybridized carbons (Fsp3) is 0.550. The molecule has 0 radical (unpaired) electrons. The quantitative estimate of drug-likeness (QED) is 0.818. The van der Waals surface area contributed by atoms with Gasteiger partial charge in [-0.1, -0.05) is 42.6 Å². The van der Waals surface area contributed by atoms with E-state index in [9.17, 15) is 4.79 Å². The van der Waals surface area contributed by atoms with Crippen LogP contribution in [0.4, 0.5) is 0 Å². The van der Waals surface area contributed by atoms with Gasteiger partial charge in [0.1, 0.15) is 11.3 Å². The summed E-state index contributed by atoms with van der Waals surface area (Å²) in [6, 6.07) is 7.88. The molecule has 6 nitrogen and oxygen atoms in total. The number of nitrogens with zero attached hydrogens (tertiary/aromatic N) is 2. The average Bonchev–Trinajstić information content (AvgIpc) is 3.09. The van der Waals surface area contributed by atoms with Crippen molar-refractivity contribution in [2.24, 2.45) is 0 Å². The van der Waals surface area contributed by atoms with Crippen molar-refractivity contribution < 1.29 is 14.1 Å². The molecule has 1 saturated carbocycles. The molecule has 0 saturated heterocycles. The zero-order chi connectivity index (χ0) is 18.4. The number of carbonyl (C=O) groups is 1. The van der Waals surface area contributed by atoms with Crippen molar-refractivity contribution in [2.45, 2.75) is 64.3 Å². The number of amides is 1. The Morgan fingerprint density at radius 2 is 2.04 bits per heavy atom. The topological polar surface area (TPSA) is 77.2 Å². The second-order valence-electron chi connectivity index (χ2n) is 6.87. The summed E-state index contributed by atoms with van der Waals surface area (Å²) in [7, 11) is 0. The van der Waals surface area contributed by atoms with Gasteiger partial charge >= 0.3 is 0 Å². The number of ether oxygens (including phenoxy) is 1. The van der Waals surface area contributed by atoms with Crippen LogP contribution < -0.4 is 10.1 Å². The van der Waals surface area contributed by atoms with Crippen LogP contribution in [0.15, 0.2) is 28.8 Å². The zero-order valence-corrected chi connectivity index (χ0v) is 15.6. The maximum absolute atomic E-state index is 12.7. The van der Waals surface area contributed by atoms with Gasteiger partial charge in [-0.05, 0) is 37.8 Å². The molecule has 1 N–H and O–H groups in total. The Morgan fingerprint density at radius 3 is 2.73 bits per heavy atom. The molecule has 1 aliphatic carbocycles. The Labute approximate surface area is 154 Å². The molecule has 2 aromatic rings. The Hall–Kier alpha value is -2.37. The molecule has 0 bridgehead atoms. The van der Waals surface area contributed by atoms with Gasteiger partial charge in [0.05, 0.1) is 6.61 Å². The number of hydrogen-bond acceptors (Lipinski definition) is 5. The molecule has 140 valence electrons. The highest BCUT2D eigenvalue weighted by molar-refractivity contribution is 5.77. The molecular weight excluding hydrogens is 330 g/mol. The highest BCUT2D eigenvalue weighted by atomic mass is 16.5. The minimum Gasteiger partial charge on any atom is -0.494 e. The van der Waals surface area contributed by atoms with E-state index in [1.165, 1.54) is 6.42 Å². The van der Waals surface area contributed by atoms with Gasteiger partial charge in [-0.25, -0.2) is 0 Å². The molecular formula is C20H27N3O3. The lowest BCUT2D eigenvalue weighted by Gasteiger charge is -2.35. The number of benzene rings is 1. The van der Waals surface area contributed by atoms with E-state index in [0.717, 1.165) is 37.0 Å². The largest absolute Gasteiger partial charge is 0.494 e. The molecule has 0 atom stereocenters. The number of para-hydroxylation sites is 1. The van der Waals surface area contributed by atoms with Crippen molar-refractivity contribution in [3.8, 4) is 5.75 Å². The van der Waals surface area contributed by atoms with Gasteiger partial charge in [0.2, 0.25) is 11.8 Å². The summed E-state index contributed by atoms with van der Waals surface area (Å²) < 4.78 is 10.8. The third kappa shape index (κ3) is 4.23. The fourth-order valence-electron chi connectivity index (χ4n) is 3.64. The van der Waals surface area contributed by atoms with E-state index in [2.05, 4.69) is 15.5 Å². The summed E-state index contributed by atoms with van der Waals surface area (Å²) in [6.07, 6.45) is 6.05. The van der Waals surface area contributed by atoms with E-state index >= 15 is 0 Å². The van der Waals surface area contributed by atoms with Crippen molar-refractivity contribution in [3.05, 3.63) is 41.5 Å². The second-order valence-corrected chi connectivity index (χ2v) is 6.87. The number of carbonyl (C=O) groups excluding carboxylic acids is 1. The minimum absolute atomic E-state index is 0.0145. The monoisotopic (exact) mass is 357 g/mol. The van der Waals surface area contributed by atoms with Gasteiger partial charge in [0, 0.05) is 13.3 Å². The summed E-state index contributed by atoms with van der Waals surface area (Å²) in [5, 5.41) is 7.32. The Bertz CT molecular complexity index is 735. The Morgan fingerprint density at radius 1 is 1.27 bits per heavy atom. The van der Waals surface area contributed by atoms with E-state index in [1.807, 2.05) is 31.2 Å². The van der Waals surface area contributed by atoms with Crippen molar-refractivity contribution >= 4 is 5.91 Å². The SMILES string of the molecule is CCOc1ccccc1CCC(=O)NC1(c2noc(C)n2)CCCCC1. The Kier molecular flexibility index (Phi) is 5.91. The molecule has 6 heteroatoms. The molecule has 1 aromatic carbocycles. The number of nitrogens with one attached hydrogen (secondary N) is 1. The van der Waals surface area contributed by atoms with Crippen molar-refractivity contribution in [3.63, 3.8) is 0 Å². The lowest BCUT2D eigenvalue weighted by atomic mass is 9.80. The minimum atomic E-state index is -0.494. The predicted molar refractivity (Wildman–Crippen MR) is 97.9 cm³/mol. The third-order valence-electron chi connectivity index (χ3n) is 4.94. The van der Waals surface area contributed by atoms with Gasteiger partial charge in [0.15, 0.2) is 5.82 Å². The number of hydrogen-bond donors (Lipinski definition) is 1. The van der Waals surface area contributed by atoms with Crippen LogP contribution >= 0.6 is 0 Å². The lowest BCUT2D eigenvalue weighted by Crippen LogP contribution is -2.48. The number of aryl methyl sites for hydroxylation is 2. The zero-order valence-electron chi connectivity index (χ0n) is 15.6. The summed E-state index contributed by atoms with van der Waals surface area (Å²) in [5.74, 6) is 2.01. The molecule has 0 aliphatic heterocycles. The maximum atomic E-state index is 12.7. The Balaban J connectivity index is 1.67. The molecule has 26 heavy (non-hydrogen) atoms. The first kappa shape index (κ1) is 18.4. The molecule has 0 unspecified atom stereocenters. The van der Waals surface area contributed by atoms with E-state index in [4.69, 9.17) is 9.26 Å². The van der Waals surface area contributed by atoms with E-state index < -0.39 is 5.54 Å². The summed E-state index contributed by atoms with van der Waals surface area (Å²) in [4.78, 5) is 17.1. The normalized spacial score (nSPS) is 16.2. The van der Waals surface area contributed by atoms with E-state index in [1.54, 1.807) is 6.92 Å². The van der Waals surface area contributed by atoms with Crippen LogP contribution in [0.1, 0.15) is 62.7 Å². The number of rotatable bonds is 7. The third-order valence-corrected chi connectivity index (χ3v) is 4.94. The van der Waals surface area contributed by atoms with Gasteiger partial charge in [-0.2, -0.15) is 4.98 Å². The van der Waals surface area contributed by atoms with Crippen molar-refractivity contribution in [1.29, 1.82) is 0 Å². The van der Waals surface area contributed by atoms with Crippen LogP contribution in [0.2, 0.25) is 0 Å². The highest BCUT2D eigenvalue weighted by Gasteiger charge is 2.39. The van der Waals surface area contributed by atoms with Crippen LogP contribution in [0.3, 0.4) is 0 Å². The van der Waals surface area contributed by atoms with Crippen LogP contribution in [-0.4, -0.2) is 22.7 Å². The maximum Gasteiger partial charge on any atom is 0.223 e. The van der Waals surface area contributed by atoms with Gasteiger partial charge in [0.25, 0.3) is 0 Å². The molecule has 3 rings (SSSR count). The van der Waals surface area contributed by atoms with Crippen LogP contribution in [0.5, 0.6) is 5.75 Å². The molecule has 0 spiro atoms. The summed E-state index contributed by atoms with van der Waals surface area (Å²) >= 11 is 0. The molecule has 1 aromatic heterocycles. The van der Waals surface area contributed by atoms with Gasteiger partial charge in [-0.3, -0.25) is 4.79 Å². The fourth-order valence-corrected chi connectivity index (χ4v) is 3.64. The van der Waals surface area contributed by atoms with Crippen molar-refractivity contribution in [2.75, 3.05) is 6.61 Å². The van der Waals surface area contributed by atoms with Crippen LogP contribution in [-0.2, 0) is 16.8 Å². The van der Waals surface area contributed by atoms with Crippen LogP contribution in [0.25, 0.3) is 0 Å². The highest BCUT2D eigenvalue weighted by Crippen LogP contribution is 2.35. The average molecular weight is 357 g/mol. The standard InChI is InChI=1S/C20H27N3O3/c1-3-25-17-10-6-5-9-16(17)11-12-18(24)22-20(13-7-4-8-14-20)19-21-15(2)26-23-19/h5-6,9-10H,3-4,7-8,11-14H2,1-2H3,(H,22,24). The second kappa shape index (κ2) is 8.34. The molecule has 1 amide bonds. The lowest BCUT2D eigenvalue weighted by molar-refractivity contribution is -0.123. The van der Waals surface area contributed by atoms with Gasteiger partial charge < -0.3 is 14.6 Å². The first-order chi connectivity index (χ1) is 12.6. The van der Waals surface area contributed by atoms with E-state index in [-0.39, 0.29) is 5.91 Å². The van der Waals surface area contributed by atoms with E-state index in [0.29, 0.717) is 31.2 Å². The predicted octanol–water partition coefficient (Wildman–Crippen LogP) is 3.69. The van der Waals surface area contributed by atoms with Crippen LogP contribution in [0, 0.1) is 6.92 Å². The molecule has 1 aliphatic rings. The summed E-state index contributed by atoms with van der Waals surface area (Å²) in [5.41, 5.74) is 0.560. The first-order valence-corrected chi connectivity index (χ1v) is 9.45. The smallest absolute Gasteiger partial charge is 0.223 e. The van der Waals surface area contributed by atoms with Crippen molar-refractivity contribution in [1.82, 2.24) is 15.5 Å². The molecule has 1 fully saturated rings. The van der Waals surface area contributed by atoms with Gasteiger partial charge in [-0.15, -0.1) is 0 Å². The number of aromatic nitrogens is 2. The molecule has 1 heterocycles.